The largest absolute Gasteiger partial charge is 0.493 e. The summed E-state index contributed by atoms with van der Waals surface area (Å²) < 4.78 is 10.9. The summed E-state index contributed by atoms with van der Waals surface area (Å²) in [6.45, 7) is 2.62. The molecule has 0 saturated heterocycles. The van der Waals surface area contributed by atoms with Gasteiger partial charge in [-0.25, -0.2) is 0 Å². The highest BCUT2D eigenvalue weighted by Crippen LogP contribution is 2.29. The SMILES string of the molecule is CCCOc1ccc(/C=C(\C#N)c2nc(N)nc(N)n2)cc1OC. The molecule has 1 aromatic heterocycles. The van der Waals surface area contributed by atoms with Crippen molar-refractivity contribution >= 4 is 23.5 Å². The molecule has 1 aromatic carbocycles. The van der Waals surface area contributed by atoms with Crippen LogP contribution >= 0.6 is 0 Å². The van der Waals surface area contributed by atoms with Crippen LogP contribution in [0.2, 0.25) is 0 Å². The number of nitriles is 1. The lowest BCUT2D eigenvalue weighted by atomic mass is 10.1. The normalized spacial score (nSPS) is 11.0. The van der Waals surface area contributed by atoms with E-state index in [0.717, 1.165) is 12.0 Å². The van der Waals surface area contributed by atoms with Gasteiger partial charge in [0.2, 0.25) is 11.9 Å². The fraction of sp³-hybridized carbons (Fsp3) is 0.250. The molecule has 8 nitrogen and oxygen atoms in total. The Morgan fingerprint density at radius 1 is 1.21 bits per heavy atom. The van der Waals surface area contributed by atoms with Crippen LogP contribution in [-0.2, 0) is 0 Å². The molecule has 24 heavy (non-hydrogen) atoms. The zero-order chi connectivity index (χ0) is 17.5. The van der Waals surface area contributed by atoms with E-state index >= 15 is 0 Å². The molecular weight excluding hydrogens is 308 g/mol. The summed E-state index contributed by atoms with van der Waals surface area (Å²) in [5.74, 6) is 1.25. The number of nitrogen functional groups attached to an aromatic ring is 2. The van der Waals surface area contributed by atoms with Crippen molar-refractivity contribution in [1.29, 1.82) is 5.26 Å². The highest BCUT2D eigenvalue weighted by Gasteiger charge is 2.10. The molecule has 1 heterocycles. The van der Waals surface area contributed by atoms with Crippen LogP contribution < -0.4 is 20.9 Å². The average molecular weight is 326 g/mol. The van der Waals surface area contributed by atoms with E-state index in [1.807, 2.05) is 13.0 Å². The second-order valence-electron chi connectivity index (χ2n) is 4.80. The van der Waals surface area contributed by atoms with Crippen LogP contribution in [0, 0.1) is 11.3 Å². The Bertz CT molecular complexity index is 777. The van der Waals surface area contributed by atoms with Crippen molar-refractivity contribution in [2.24, 2.45) is 0 Å². The van der Waals surface area contributed by atoms with Gasteiger partial charge in [-0.3, -0.25) is 0 Å². The Morgan fingerprint density at radius 2 is 1.92 bits per heavy atom. The van der Waals surface area contributed by atoms with E-state index in [2.05, 4.69) is 15.0 Å². The maximum absolute atomic E-state index is 9.36. The summed E-state index contributed by atoms with van der Waals surface area (Å²) in [6.07, 6.45) is 2.51. The number of nitrogens with zero attached hydrogens (tertiary/aromatic N) is 4. The van der Waals surface area contributed by atoms with Crippen LogP contribution in [0.3, 0.4) is 0 Å². The van der Waals surface area contributed by atoms with E-state index in [1.165, 1.54) is 0 Å². The van der Waals surface area contributed by atoms with E-state index in [9.17, 15) is 5.26 Å². The van der Waals surface area contributed by atoms with Gasteiger partial charge in [-0.2, -0.15) is 20.2 Å². The molecule has 8 heteroatoms. The van der Waals surface area contributed by atoms with Gasteiger partial charge in [0.15, 0.2) is 17.3 Å². The lowest BCUT2D eigenvalue weighted by Gasteiger charge is -2.10. The third-order valence-electron chi connectivity index (χ3n) is 2.99. The molecule has 0 bridgehead atoms. The van der Waals surface area contributed by atoms with Crippen molar-refractivity contribution in [2.75, 3.05) is 25.2 Å². The number of methoxy groups -OCH3 is 1. The summed E-state index contributed by atoms with van der Waals surface area (Å²) in [4.78, 5) is 11.5. The predicted molar refractivity (Wildman–Crippen MR) is 90.9 cm³/mol. The highest BCUT2D eigenvalue weighted by atomic mass is 16.5. The zero-order valence-electron chi connectivity index (χ0n) is 13.5. The van der Waals surface area contributed by atoms with Crippen molar-refractivity contribution in [3.05, 3.63) is 29.6 Å². The van der Waals surface area contributed by atoms with Gasteiger partial charge < -0.3 is 20.9 Å². The molecule has 0 aliphatic carbocycles. The lowest BCUT2D eigenvalue weighted by molar-refractivity contribution is 0.294. The smallest absolute Gasteiger partial charge is 0.225 e. The number of nitrogens with two attached hydrogens (primary N) is 2. The van der Waals surface area contributed by atoms with Crippen molar-refractivity contribution in [2.45, 2.75) is 13.3 Å². The number of hydrogen-bond acceptors (Lipinski definition) is 8. The van der Waals surface area contributed by atoms with Crippen molar-refractivity contribution in [3.8, 4) is 17.6 Å². The maximum Gasteiger partial charge on any atom is 0.225 e. The average Bonchev–Trinajstić information content (AvgIpc) is 2.57. The number of aromatic nitrogens is 3. The van der Waals surface area contributed by atoms with Crippen LogP contribution in [0.25, 0.3) is 11.6 Å². The van der Waals surface area contributed by atoms with Gasteiger partial charge in [0.25, 0.3) is 0 Å². The number of rotatable bonds is 6. The summed E-state index contributed by atoms with van der Waals surface area (Å²) in [6, 6.07) is 7.38. The van der Waals surface area contributed by atoms with Gasteiger partial charge in [0.1, 0.15) is 6.07 Å². The number of hydrogen-bond donors (Lipinski definition) is 2. The topological polar surface area (TPSA) is 133 Å². The fourth-order valence-corrected chi connectivity index (χ4v) is 1.95. The Morgan fingerprint density at radius 3 is 2.50 bits per heavy atom. The molecule has 124 valence electrons. The van der Waals surface area contributed by atoms with E-state index in [4.69, 9.17) is 20.9 Å². The quantitative estimate of drug-likeness (QED) is 0.769. The first-order valence-electron chi connectivity index (χ1n) is 7.27. The fourth-order valence-electron chi connectivity index (χ4n) is 1.95. The van der Waals surface area contributed by atoms with Crippen LogP contribution in [0.4, 0.5) is 11.9 Å². The highest BCUT2D eigenvalue weighted by molar-refractivity contribution is 5.87. The lowest BCUT2D eigenvalue weighted by Crippen LogP contribution is -2.06. The van der Waals surface area contributed by atoms with Crippen molar-refractivity contribution in [1.82, 2.24) is 15.0 Å². The van der Waals surface area contributed by atoms with E-state index < -0.39 is 0 Å². The summed E-state index contributed by atoms with van der Waals surface area (Å²) in [5, 5.41) is 9.36. The minimum atomic E-state index is -0.0421. The first-order valence-corrected chi connectivity index (χ1v) is 7.27. The number of allylic oxidation sites excluding steroid dienone is 1. The first-order chi connectivity index (χ1) is 11.6. The van der Waals surface area contributed by atoms with Gasteiger partial charge in [-0.05, 0) is 30.2 Å². The van der Waals surface area contributed by atoms with Crippen LogP contribution in [-0.4, -0.2) is 28.7 Å². The number of benzene rings is 1. The minimum absolute atomic E-state index is 0.0421. The second kappa shape index (κ2) is 7.78. The predicted octanol–water partition coefficient (Wildman–Crippen LogP) is 1.90. The van der Waals surface area contributed by atoms with Gasteiger partial charge in [0.05, 0.1) is 19.3 Å². The first kappa shape index (κ1) is 17.0. The molecule has 0 aliphatic rings. The van der Waals surface area contributed by atoms with Crippen LogP contribution in [0.5, 0.6) is 11.5 Å². The number of ether oxygens (including phenoxy) is 2. The van der Waals surface area contributed by atoms with E-state index in [-0.39, 0.29) is 23.3 Å². The van der Waals surface area contributed by atoms with E-state index in [1.54, 1.807) is 31.4 Å². The molecule has 4 N–H and O–H groups in total. The van der Waals surface area contributed by atoms with Gasteiger partial charge in [0, 0.05) is 0 Å². The molecule has 0 radical (unpaired) electrons. The van der Waals surface area contributed by atoms with Crippen molar-refractivity contribution < 1.29 is 9.47 Å². The van der Waals surface area contributed by atoms with Gasteiger partial charge in [-0.15, -0.1) is 0 Å². The maximum atomic E-state index is 9.36. The molecule has 0 saturated carbocycles. The molecule has 0 atom stereocenters. The summed E-state index contributed by atoms with van der Waals surface area (Å²) in [5.41, 5.74) is 12.0. The van der Waals surface area contributed by atoms with Gasteiger partial charge in [-0.1, -0.05) is 13.0 Å². The molecule has 2 rings (SSSR count). The molecule has 0 spiro atoms. The summed E-state index contributed by atoms with van der Waals surface area (Å²) >= 11 is 0. The molecule has 0 amide bonds. The number of anilines is 2. The van der Waals surface area contributed by atoms with E-state index in [0.29, 0.717) is 18.1 Å². The third kappa shape index (κ3) is 4.10. The van der Waals surface area contributed by atoms with Gasteiger partial charge >= 0.3 is 0 Å². The zero-order valence-corrected chi connectivity index (χ0v) is 13.5. The molecule has 0 unspecified atom stereocenters. The molecule has 2 aromatic rings. The standard InChI is InChI=1S/C16H18N6O2/c1-3-6-24-12-5-4-10(8-13(12)23-2)7-11(9-17)14-20-15(18)22-16(19)21-14/h4-5,7-8H,3,6H2,1-2H3,(H4,18,19,20,21,22)/b11-7+. The van der Waals surface area contributed by atoms with Crippen molar-refractivity contribution in [3.63, 3.8) is 0 Å². The summed E-state index contributed by atoms with van der Waals surface area (Å²) in [7, 11) is 1.56. The molecular formula is C16H18N6O2. The van der Waals surface area contributed by atoms with Crippen LogP contribution in [0.1, 0.15) is 24.7 Å². The Balaban J connectivity index is 2.39. The molecule has 0 aliphatic heterocycles. The Kier molecular flexibility index (Phi) is 5.52. The Labute approximate surface area is 139 Å². The van der Waals surface area contributed by atoms with Crippen LogP contribution in [0.15, 0.2) is 18.2 Å². The third-order valence-corrected chi connectivity index (χ3v) is 2.99. The Hall–Kier alpha value is -3.34. The minimum Gasteiger partial charge on any atom is -0.493 e. The second-order valence-corrected chi connectivity index (χ2v) is 4.80. The molecule has 0 fully saturated rings. The monoisotopic (exact) mass is 326 g/mol.